The van der Waals surface area contributed by atoms with Gasteiger partial charge in [0, 0.05) is 33.2 Å². The van der Waals surface area contributed by atoms with Crippen molar-refractivity contribution in [2.75, 3.05) is 26.2 Å². The van der Waals surface area contributed by atoms with Gasteiger partial charge in [-0.05, 0) is 115 Å². The molecule has 0 saturated carbocycles. The number of ether oxygens (including phenoxy) is 7. The van der Waals surface area contributed by atoms with Crippen molar-refractivity contribution in [2.24, 2.45) is 0 Å². The number of nitrogens with zero attached hydrogens (tertiary/aromatic N) is 3. The number of amides is 3. The molecule has 6 heterocycles. The van der Waals surface area contributed by atoms with Crippen LogP contribution in [-0.2, 0) is 82.0 Å². The van der Waals surface area contributed by atoms with Crippen molar-refractivity contribution in [3.8, 4) is 0 Å². The van der Waals surface area contributed by atoms with Gasteiger partial charge >= 0.3 is 47.3 Å². The number of benzene rings is 7. The molecule has 3 amide bonds. The van der Waals surface area contributed by atoms with E-state index in [-0.39, 0.29) is 81.1 Å². The summed E-state index contributed by atoms with van der Waals surface area (Å²) in [6.07, 6.45) is 0.297. The van der Waals surface area contributed by atoms with Gasteiger partial charge in [0.05, 0.1) is 43.4 Å². The van der Waals surface area contributed by atoms with E-state index < -0.39 is 50.8 Å². The Kier molecular flexibility index (Phi) is 24.8. The molecule has 0 bridgehead atoms. The number of β-amino-alcohol motifs (C(OH)–C–C–N with tert-alkyl or cyclic N) is 1. The van der Waals surface area contributed by atoms with Gasteiger partial charge in [-0.25, -0.2) is 14.4 Å². The summed E-state index contributed by atoms with van der Waals surface area (Å²) in [6, 6.07) is 57.5. The van der Waals surface area contributed by atoms with Gasteiger partial charge in [-0.3, -0.25) is 14.7 Å². The van der Waals surface area contributed by atoms with Crippen LogP contribution in [0.4, 0.5) is 14.4 Å². The van der Waals surface area contributed by atoms with Gasteiger partial charge in [0.15, 0.2) is 11.6 Å². The van der Waals surface area contributed by atoms with Crippen LogP contribution in [0.1, 0.15) is 90.8 Å². The standard InChI is InChI=1S/C21H22ClNO4.C18H18ClNO4.C18H16ClNO2.C13H16ClNO2.4O.Os/c1-21(2)26-17-12-23(20(24)25-13-14-7-4-3-5-8-14)18(19(17)27-21)15-9-6-10-16(22)11-15;19-14-8-4-7-13(9-14)16-17(22)15(21)10-20(16)18(23)24-11-12-5-2-1-3-6-12;19-16-9-4-8-15(12-16)17-10-5-11-20(17)18(21)22-13-14-6-2-1-3-7-14;1-13(2)16-10-7-15-11(12(10)17-13)8-4-3-5-9(14)6-8;;;;;/h3-11,17-19H,12-13H2,1-2H3;1-9,15-17,21-22H,10-11H2;1-10,12,17H,11,13H2;3-6,10-12,15H,7H2,1-2H3;;;;;/t17-,18?,19-;15-,16?,17-;;10-,11?,12-;;;;;/m00.0...../s1. The Morgan fingerprint density at radius 3 is 1.36 bits per heavy atom. The monoisotopic (exact) mass is 1560 g/mol. The number of likely N-dealkylation sites (tertiary alicyclic amines) is 2. The summed E-state index contributed by atoms with van der Waals surface area (Å²) in [4.78, 5) is 42.3. The summed E-state index contributed by atoms with van der Waals surface area (Å²) >= 11 is 18.2. The number of hydrogen-bond acceptors (Lipinski definition) is 17. The Bertz CT molecular complexity index is 4000. The summed E-state index contributed by atoms with van der Waals surface area (Å²) < 4.78 is 74.7. The Morgan fingerprint density at radius 2 is 0.884 bits per heavy atom. The minimum atomic E-state index is -6.06. The first-order valence-electron chi connectivity index (χ1n) is 30.3. The predicted octanol–water partition coefficient (Wildman–Crippen LogP) is 13.9. The maximum absolute atomic E-state index is 12.8. The van der Waals surface area contributed by atoms with E-state index in [9.17, 15) is 24.6 Å². The molecule has 7 aromatic carbocycles. The molecular formula is C70H72Cl4N4O16Os. The van der Waals surface area contributed by atoms with Gasteiger partial charge in [0.25, 0.3) is 0 Å². The molecule has 3 N–H and O–H groups in total. The molecule has 4 unspecified atom stereocenters. The first kappa shape index (κ1) is 72.1. The van der Waals surface area contributed by atoms with E-state index in [0.717, 1.165) is 44.9 Å². The summed E-state index contributed by atoms with van der Waals surface area (Å²) in [5.74, 6) is -1.15. The molecule has 0 aliphatic carbocycles. The van der Waals surface area contributed by atoms with Crippen LogP contribution in [-0.4, -0.2) is 118 Å². The molecule has 25 heteroatoms. The Hall–Kier alpha value is -7.19. The molecule has 5 fully saturated rings. The molecule has 6 aliphatic rings. The molecular weight excluding hydrogens is 1480 g/mol. The molecule has 13 rings (SSSR count). The SMILES string of the molecule is CC1(C)O[C@H]2CN(C(=O)OCc3ccccc3)C(c3cccc(Cl)c3)[C@H]2O1.CC1(C)O[C@H]2CNC(c3cccc(Cl)c3)[C@H]2O1.O=C(OCc1ccccc1)N1CC=CC1c1cccc(Cl)c1.O=C(OCc1ccccc1)N1C[C@H](O)[C@H](O)C1c1cccc(Cl)c1.[O]=[Os](=[O])(=[O])=[O]. The maximum atomic E-state index is 12.8. The van der Waals surface area contributed by atoms with Gasteiger partial charge < -0.3 is 48.7 Å². The van der Waals surface area contributed by atoms with Crippen molar-refractivity contribution >= 4 is 64.7 Å². The zero-order valence-electron chi connectivity index (χ0n) is 52.1. The molecule has 7 aromatic rings. The number of halogens is 4. The summed E-state index contributed by atoms with van der Waals surface area (Å²) in [5, 5.41) is 26.2. The van der Waals surface area contributed by atoms with E-state index in [4.69, 9.17) is 93.7 Å². The van der Waals surface area contributed by atoms with Crippen molar-refractivity contribution in [1.29, 1.82) is 0 Å². The third kappa shape index (κ3) is 20.4. The van der Waals surface area contributed by atoms with Gasteiger partial charge in [0.2, 0.25) is 0 Å². The van der Waals surface area contributed by atoms with Gasteiger partial charge in [-0.15, -0.1) is 0 Å². The second kappa shape index (κ2) is 32.7. The number of rotatable bonds is 10. The van der Waals surface area contributed by atoms with Crippen LogP contribution < -0.4 is 5.32 Å². The zero-order chi connectivity index (χ0) is 68.0. The molecule has 95 heavy (non-hydrogen) atoms. The Balaban J connectivity index is 0.000000147. The second-order valence-corrected chi connectivity index (χ2v) is 27.9. The fourth-order valence-corrected chi connectivity index (χ4v) is 12.6. The third-order valence-corrected chi connectivity index (χ3v) is 16.8. The van der Waals surface area contributed by atoms with Gasteiger partial charge in [0.1, 0.15) is 50.3 Å². The van der Waals surface area contributed by atoms with E-state index in [0.29, 0.717) is 33.7 Å². The average Bonchev–Trinajstić information content (AvgIpc) is 1.61. The van der Waals surface area contributed by atoms with E-state index >= 15 is 0 Å². The predicted molar refractivity (Wildman–Crippen MR) is 346 cm³/mol. The normalized spacial score (nSPS) is 24.0. The number of aliphatic hydroxyl groups excluding tert-OH is 2. The molecule has 0 aromatic heterocycles. The van der Waals surface area contributed by atoms with E-state index in [1.165, 1.54) is 4.90 Å². The first-order chi connectivity index (χ1) is 45.3. The Labute approximate surface area is 573 Å². The van der Waals surface area contributed by atoms with Crippen molar-refractivity contribution in [3.63, 3.8) is 0 Å². The number of carbonyl (C=O) groups excluding carboxylic acids is 3. The summed E-state index contributed by atoms with van der Waals surface area (Å²) in [5.41, 5.74) is 6.49. The van der Waals surface area contributed by atoms with Crippen molar-refractivity contribution < 1.29 is 86.8 Å². The summed E-state index contributed by atoms with van der Waals surface area (Å²) in [7, 11) is 0. The van der Waals surface area contributed by atoms with Crippen LogP contribution in [0.5, 0.6) is 0 Å². The van der Waals surface area contributed by atoms with E-state index in [2.05, 4.69) is 11.4 Å². The van der Waals surface area contributed by atoms with Crippen LogP contribution in [0.3, 0.4) is 0 Å². The number of nitrogens with one attached hydrogen (secondary N) is 1. The Morgan fingerprint density at radius 1 is 0.495 bits per heavy atom. The van der Waals surface area contributed by atoms with E-state index in [1.807, 2.05) is 198 Å². The topological polar surface area (TPSA) is 246 Å². The van der Waals surface area contributed by atoms with Crippen LogP contribution in [0, 0.1) is 0 Å². The van der Waals surface area contributed by atoms with Gasteiger partial charge in [-0.1, -0.05) is 198 Å². The van der Waals surface area contributed by atoms with Crippen LogP contribution >= 0.6 is 46.4 Å². The van der Waals surface area contributed by atoms with Crippen molar-refractivity contribution in [2.45, 2.75) is 120 Å². The third-order valence-electron chi connectivity index (χ3n) is 15.8. The molecule has 20 nitrogen and oxygen atoms in total. The molecule has 0 spiro atoms. The second-order valence-electron chi connectivity index (χ2n) is 23.6. The number of fused-ring (bicyclic) bond motifs is 2. The number of aliphatic hydroxyl groups is 2. The van der Waals surface area contributed by atoms with E-state index in [1.54, 1.807) is 34.1 Å². The number of hydrogen-bond donors (Lipinski definition) is 3. The fraction of sp³-hybridized carbons (Fsp3) is 0.329. The molecule has 6 aliphatic heterocycles. The molecule has 504 valence electrons. The number of carbonyl (C=O) groups is 3. The van der Waals surface area contributed by atoms with Crippen molar-refractivity contribution in [1.82, 2.24) is 20.0 Å². The summed E-state index contributed by atoms with van der Waals surface area (Å²) in [6.45, 7) is 10.1. The average molecular weight is 1560 g/mol. The van der Waals surface area contributed by atoms with Crippen LogP contribution in [0.15, 0.2) is 200 Å². The molecule has 0 radical (unpaired) electrons. The minimum absolute atomic E-state index is 0.00592. The van der Waals surface area contributed by atoms with Crippen molar-refractivity contribution in [3.05, 3.63) is 259 Å². The van der Waals surface area contributed by atoms with Crippen LogP contribution in [0.25, 0.3) is 0 Å². The first-order valence-corrected chi connectivity index (χ1v) is 35.9. The molecule has 10 atom stereocenters. The molecule has 5 saturated heterocycles. The fourth-order valence-electron chi connectivity index (χ4n) is 11.8. The zero-order valence-corrected chi connectivity index (χ0v) is 57.7. The van der Waals surface area contributed by atoms with Gasteiger partial charge in [-0.2, -0.15) is 0 Å². The quantitative estimate of drug-likeness (QED) is 0.0851. The van der Waals surface area contributed by atoms with Crippen LogP contribution in [0.2, 0.25) is 20.1 Å².